The molecule has 0 aromatic carbocycles. The Bertz CT molecular complexity index is 94.7. The van der Waals surface area contributed by atoms with E-state index in [0.29, 0.717) is 5.78 Å². The van der Waals surface area contributed by atoms with Crippen molar-refractivity contribution in [3.8, 4) is 0 Å². The van der Waals surface area contributed by atoms with Gasteiger partial charge >= 0.3 is 0 Å². The summed E-state index contributed by atoms with van der Waals surface area (Å²) >= 11 is 0. The van der Waals surface area contributed by atoms with Gasteiger partial charge in [0.05, 0.1) is 0 Å². The largest absolute Gasteiger partial charge is 0.518 e. The number of hydrogen-bond acceptors (Lipinski definition) is 2. The number of aliphatic hydroxyl groups is 1. The summed E-state index contributed by atoms with van der Waals surface area (Å²) in [6.45, 7) is 6.50. The van der Waals surface area contributed by atoms with Crippen molar-refractivity contribution in [3.63, 3.8) is 0 Å². The van der Waals surface area contributed by atoms with Crippen LogP contribution in [0.3, 0.4) is 0 Å². The van der Waals surface area contributed by atoms with Gasteiger partial charge in [0.2, 0.25) is 0 Å². The van der Waals surface area contributed by atoms with Gasteiger partial charge in [-0.25, -0.2) is 0 Å². The molecule has 1 N–H and O–H groups in total. The van der Waals surface area contributed by atoms with Crippen LogP contribution in [0.15, 0.2) is 6.08 Å². The van der Waals surface area contributed by atoms with E-state index in [1.165, 1.54) is 6.08 Å². The van der Waals surface area contributed by atoms with Crippen molar-refractivity contribution in [1.82, 2.24) is 0 Å². The first-order valence-corrected chi connectivity index (χ1v) is 3.59. The predicted octanol–water partition coefficient (Wildman–Crippen LogP) is 1.55. The summed E-state index contributed by atoms with van der Waals surface area (Å²) in [5.41, 5.74) is 0. The molecule has 0 amide bonds. The molecule has 12 heavy (non-hydrogen) atoms. The Morgan fingerprint density at radius 2 is 2.00 bits per heavy atom. The van der Waals surface area contributed by atoms with E-state index >= 15 is 0 Å². The number of Topliss-reactive ketones (excluding diaryl/α,β-unsaturated/α-hetero) is 1. The fraction of sp³-hybridized carbons (Fsp3) is 0.556. The minimum absolute atomic E-state index is 0. The van der Waals surface area contributed by atoms with E-state index in [-0.39, 0.29) is 32.7 Å². The minimum atomic E-state index is 0. The summed E-state index contributed by atoms with van der Waals surface area (Å²) in [6.07, 6.45) is 6.06. The molecule has 0 spiro atoms. The van der Waals surface area contributed by atoms with Gasteiger partial charge < -0.3 is 22.9 Å². The molecule has 1 aliphatic rings. The first-order valence-electron chi connectivity index (χ1n) is 3.59. The monoisotopic (exact) mass is 245 g/mol. The molecular weight excluding hydrogens is 229 g/mol. The molecule has 0 unspecified atom stereocenters. The molecule has 1 saturated carbocycles. The van der Waals surface area contributed by atoms with E-state index in [2.05, 4.69) is 0 Å². The molecule has 0 aromatic heterocycles. The molecule has 0 atom stereocenters. The molecule has 1 radical (unpaired) electrons. The molecule has 0 aliphatic heterocycles. The maximum absolute atomic E-state index is 10.2. The average Bonchev–Trinajstić information content (AvgIpc) is 2.46. The van der Waals surface area contributed by atoms with Crippen molar-refractivity contribution in [2.24, 2.45) is 0 Å². The molecule has 1 aliphatic carbocycles. The zero-order chi connectivity index (χ0) is 9.11. The maximum Gasteiger partial charge on any atom is 0.101 e. The second kappa shape index (κ2) is 17.5. The SMILES string of the molecule is CO.O=C1C[CH-]CC1.[CH-]=CC.[Y]. The van der Waals surface area contributed by atoms with E-state index in [1.54, 1.807) is 6.92 Å². The summed E-state index contributed by atoms with van der Waals surface area (Å²) in [4.78, 5) is 10.2. The van der Waals surface area contributed by atoms with Gasteiger partial charge in [-0.3, -0.25) is 6.08 Å². The standard InChI is InChI=1S/C5H7O.C3H5.CH4O.Y/c6-5-3-1-2-4-5;1-3-2;1-2;/h1H,2-4H2;1,3H,2H3;2H,1H3;/q2*-1;;. The zero-order valence-electron chi connectivity index (χ0n) is 7.79. The Morgan fingerprint density at radius 3 is 2.08 bits per heavy atom. The van der Waals surface area contributed by atoms with Gasteiger partial charge in [0.1, 0.15) is 5.78 Å². The van der Waals surface area contributed by atoms with Crippen molar-refractivity contribution < 1.29 is 42.6 Å². The van der Waals surface area contributed by atoms with Crippen LogP contribution in [-0.4, -0.2) is 18.0 Å². The molecule has 69 valence electrons. The number of hydrogen-bond donors (Lipinski definition) is 1. The molecule has 0 aromatic rings. The number of allylic oxidation sites excluding steroid dienone is 1. The predicted molar refractivity (Wildman–Crippen MR) is 45.8 cm³/mol. The van der Waals surface area contributed by atoms with E-state index in [1.807, 2.05) is 6.42 Å². The first kappa shape index (κ1) is 18.3. The number of carbonyl (C=O) groups excluding carboxylic acids is 1. The van der Waals surface area contributed by atoms with Gasteiger partial charge in [-0.05, 0) is 6.42 Å². The number of ketones is 1. The van der Waals surface area contributed by atoms with Crippen LogP contribution in [0.25, 0.3) is 0 Å². The summed E-state index contributed by atoms with van der Waals surface area (Å²) in [5, 5.41) is 7.00. The van der Waals surface area contributed by atoms with Gasteiger partial charge in [-0.2, -0.15) is 6.42 Å². The number of aliphatic hydroxyl groups excluding tert-OH is 1. The van der Waals surface area contributed by atoms with Gasteiger partial charge in [0.15, 0.2) is 0 Å². The van der Waals surface area contributed by atoms with Crippen LogP contribution in [-0.2, 0) is 37.5 Å². The van der Waals surface area contributed by atoms with Crippen molar-refractivity contribution in [2.75, 3.05) is 7.11 Å². The Labute approximate surface area is 100 Å². The number of carbonyl (C=O) groups is 1. The second-order valence-electron chi connectivity index (χ2n) is 1.90. The fourth-order valence-electron chi connectivity index (χ4n) is 0.628. The van der Waals surface area contributed by atoms with Crippen LogP contribution in [0.4, 0.5) is 0 Å². The van der Waals surface area contributed by atoms with E-state index < -0.39 is 0 Å². The summed E-state index contributed by atoms with van der Waals surface area (Å²) in [7, 11) is 1.00. The molecular formula is C9H16O2Y-2. The van der Waals surface area contributed by atoms with E-state index in [4.69, 9.17) is 11.7 Å². The third kappa shape index (κ3) is 16.8. The molecule has 0 heterocycles. The first-order chi connectivity index (χ1) is 5.31. The number of rotatable bonds is 0. The zero-order valence-corrected chi connectivity index (χ0v) is 10.6. The molecule has 3 heteroatoms. The summed E-state index contributed by atoms with van der Waals surface area (Å²) in [6, 6.07) is 0. The third-order valence-electron chi connectivity index (χ3n) is 0.999. The molecule has 0 bridgehead atoms. The van der Waals surface area contributed by atoms with Crippen molar-refractivity contribution in [3.05, 3.63) is 19.1 Å². The quantitative estimate of drug-likeness (QED) is 0.657. The topological polar surface area (TPSA) is 37.3 Å². The normalized spacial score (nSPS) is 12.8. The second-order valence-corrected chi connectivity index (χ2v) is 1.90. The van der Waals surface area contributed by atoms with Crippen LogP contribution in [0.1, 0.15) is 26.2 Å². The van der Waals surface area contributed by atoms with Crippen molar-refractivity contribution in [1.29, 1.82) is 0 Å². The Kier molecular flexibility index (Phi) is 26.7. The fourth-order valence-corrected chi connectivity index (χ4v) is 0.628. The molecule has 2 nitrogen and oxygen atoms in total. The average molecular weight is 245 g/mol. The third-order valence-corrected chi connectivity index (χ3v) is 0.999. The van der Waals surface area contributed by atoms with Crippen molar-refractivity contribution >= 4 is 5.78 Å². The van der Waals surface area contributed by atoms with Gasteiger partial charge in [0, 0.05) is 39.8 Å². The van der Waals surface area contributed by atoms with Crippen LogP contribution in [0.2, 0.25) is 0 Å². The van der Waals surface area contributed by atoms with Gasteiger partial charge in [-0.15, -0.1) is 6.42 Å². The van der Waals surface area contributed by atoms with Crippen LogP contribution in [0, 0.1) is 13.0 Å². The van der Waals surface area contributed by atoms with E-state index in [0.717, 1.165) is 26.4 Å². The minimum Gasteiger partial charge on any atom is -0.518 e. The van der Waals surface area contributed by atoms with Gasteiger partial charge in [0.25, 0.3) is 0 Å². The van der Waals surface area contributed by atoms with Crippen molar-refractivity contribution in [2.45, 2.75) is 26.2 Å². The van der Waals surface area contributed by atoms with Crippen LogP contribution in [0.5, 0.6) is 0 Å². The molecule has 1 rings (SSSR count). The summed E-state index contributed by atoms with van der Waals surface area (Å²) < 4.78 is 0. The smallest absolute Gasteiger partial charge is 0.101 e. The van der Waals surface area contributed by atoms with Crippen LogP contribution >= 0.6 is 0 Å². The Balaban J connectivity index is -0.000000119. The van der Waals surface area contributed by atoms with E-state index in [9.17, 15) is 4.79 Å². The Morgan fingerprint density at radius 1 is 1.58 bits per heavy atom. The van der Waals surface area contributed by atoms with Crippen LogP contribution < -0.4 is 0 Å². The van der Waals surface area contributed by atoms with Gasteiger partial charge in [-0.1, -0.05) is 6.92 Å². The maximum atomic E-state index is 10.2. The molecule has 0 saturated heterocycles. The Hall–Kier alpha value is 0.474. The molecule has 1 fully saturated rings. The summed E-state index contributed by atoms with van der Waals surface area (Å²) in [5.74, 6) is 0.398.